The van der Waals surface area contributed by atoms with E-state index in [9.17, 15) is 0 Å². The molecule has 7 heavy (non-hydrogen) atoms. The second-order valence-corrected chi connectivity index (χ2v) is 0. The van der Waals surface area contributed by atoms with E-state index < -0.39 is 0 Å². The Bertz CT molecular complexity index is 17.8. The summed E-state index contributed by atoms with van der Waals surface area (Å²) in [6.07, 6.45) is 0. The summed E-state index contributed by atoms with van der Waals surface area (Å²) in [7, 11) is 0. The molecular weight excluding hydrogens is 344 g/mol. The second kappa shape index (κ2) is 52.5. The van der Waals surface area contributed by atoms with Gasteiger partial charge < -0.3 is 19.3 Å². The molecule has 0 saturated carbocycles. The minimum Gasteiger partial charge on any atom is -2.00 e. The molecule has 0 bridgehead atoms. The Morgan fingerprint density at radius 2 is 0.571 bits per heavy atom. The van der Waals surface area contributed by atoms with Crippen molar-refractivity contribution in [3.63, 3.8) is 0 Å². The first kappa shape index (κ1) is 71.8. The van der Waals surface area contributed by atoms with Crippen LogP contribution >= 0.6 is 0 Å². The average Bonchev–Trinajstić information content (AvgIpc) is 0. The van der Waals surface area contributed by atoms with Crippen molar-refractivity contribution in [3.05, 3.63) is 0 Å². The summed E-state index contributed by atoms with van der Waals surface area (Å²) < 4.78 is 0. The van der Waals surface area contributed by atoms with Gasteiger partial charge in [-0.05, 0) is 0 Å². The Morgan fingerprint density at radius 1 is 0.571 bits per heavy atom. The summed E-state index contributed by atoms with van der Waals surface area (Å²) in [5, 5.41) is 0. The van der Waals surface area contributed by atoms with Crippen LogP contribution in [0.25, 0.3) is 0 Å². The van der Waals surface area contributed by atoms with E-state index in [0.29, 0.717) is 0 Å². The summed E-state index contributed by atoms with van der Waals surface area (Å²) in [6.45, 7) is 0. The molecule has 0 spiro atoms. The number of hydrogen-bond donors (Lipinski definition) is 0. The van der Waals surface area contributed by atoms with E-state index in [1.807, 2.05) is 0 Å². The van der Waals surface area contributed by atoms with Crippen molar-refractivity contribution in [2.75, 3.05) is 0 Å². The molecule has 0 saturated heterocycles. The molecule has 28 valence electrons. The molecule has 3 nitrogen and oxygen atoms in total. The van der Waals surface area contributed by atoms with Crippen LogP contribution in [-0.2, 0) is 16.4 Å². The molecule has 0 aromatic carbocycles. The van der Waals surface area contributed by atoms with E-state index in [1.165, 1.54) is 0 Å². The van der Waals surface area contributed by atoms with Crippen LogP contribution in [0.1, 0.15) is 2.85 Å². The fourth-order valence-electron chi connectivity index (χ4n) is 0. The second-order valence-electron chi connectivity index (χ2n) is 0. The Morgan fingerprint density at radius 3 is 0.571 bits per heavy atom. The minimum atomic E-state index is 0. The Kier molecular flexibility index (Phi) is 539. The minimum absolute atomic E-state index is 0. The van der Waals surface area contributed by atoms with Crippen LogP contribution in [-0.4, -0.2) is 0 Å². The van der Waals surface area contributed by atoms with Gasteiger partial charge in [0.05, 0.1) is 0 Å². The molecule has 0 atom stereocenters. The smallest absolute Gasteiger partial charge is 2.00 e. The molecule has 0 fully saturated rings. The van der Waals surface area contributed by atoms with Gasteiger partial charge in [-0.15, -0.1) is 0 Å². The molecular formula is H2Li2O3Pr2. The molecule has 0 aromatic heterocycles. The van der Waals surface area contributed by atoms with Crippen molar-refractivity contribution >= 4 is 0 Å². The summed E-state index contributed by atoms with van der Waals surface area (Å²) in [4.78, 5) is 0. The monoisotopic (exact) mass is 346 g/mol. The van der Waals surface area contributed by atoms with E-state index >= 15 is 0 Å². The standard InChI is InChI=1S/2Li.3O.2Pr.2H/q2*+1;3*-2;2*+3;2*-1. The van der Waals surface area contributed by atoms with Crippen LogP contribution in [0.15, 0.2) is 0 Å². The first-order valence-corrected chi connectivity index (χ1v) is 0. The van der Waals surface area contributed by atoms with Gasteiger partial charge in [0, 0.05) is 0 Å². The Balaban J connectivity index is 0. The fourth-order valence-corrected chi connectivity index (χ4v) is 0. The van der Waals surface area contributed by atoms with Gasteiger partial charge in [0.2, 0.25) is 0 Å². The van der Waals surface area contributed by atoms with E-state index in [2.05, 4.69) is 0 Å². The first-order chi connectivity index (χ1) is 0. The summed E-state index contributed by atoms with van der Waals surface area (Å²) in [6, 6.07) is 0. The molecule has 0 aliphatic heterocycles. The van der Waals surface area contributed by atoms with E-state index in [0.717, 1.165) is 0 Å². The van der Waals surface area contributed by atoms with Crippen molar-refractivity contribution in [3.8, 4) is 0 Å². The molecule has 0 aromatic rings. The maximum absolute atomic E-state index is 0. The largest absolute Gasteiger partial charge is 3.00 e. The third kappa shape index (κ3) is 41.3. The first-order valence-electron chi connectivity index (χ1n) is 0. The van der Waals surface area contributed by atoms with Crippen LogP contribution in [0, 0.1) is 82.6 Å². The molecule has 0 N–H and O–H groups in total. The van der Waals surface area contributed by atoms with Crippen molar-refractivity contribution < 1.29 is 140 Å². The molecule has 0 rings (SSSR count). The average molecular weight is 346 g/mol. The van der Waals surface area contributed by atoms with Crippen LogP contribution in [0.5, 0.6) is 0 Å². The topological polar surface area (TPSA) is 85.5 Å². The van der Waals surface area contributed by atoms with Gasteiger partial charge in [-0.25, -0.2) is 0 Å². The Hall–Kier alpha value is 3.80. The summed E-state index contributed by atoms with van der Waals surface area (Å²) >= 11 is 0. The van der Waals surface area contributed by atoms with Gasteiger partial charge in [0.25, 0.3) is 0 Å². The van der Waals surface area contributed by atoms with Gasteiger partial charge in [-0.1, -0.05) is 0 Å². The van der Waals surface area contributed by atoms with Gasteiger partial charge >= 0.3 is 120 Å². The molecule has 0 unspecified atom stereocenters. The van der Waals surface area contributed by atoms with Crippen molar-refractivity contribution in [1.82, 2.24) is 0 Å². The summed E-state index contributed by atoms with van der Waals surface area (Å²) in [5.41, 5.74) is 0. The van der Waals surface area contributed by atoms with Gasteiger partial charge in [-0.2, -0.15) is 0 Å². The molecule has 0 radical (unpaired) electrons. The summed E-state index contributed by atoms with van der Waals surface area (Å²) in [5.74, 6) is 0. The third-order valence-corrected chi connectivity index (χ3v) is 0. The van der Waals surface area contributed by atoms with Gasteiger partial charge in [0.1, 0.15) is 0 Å². The van der Waals surface area contributed by atoms with Gasteiger partial charge in [-0.3, -0.25) is 0 Å². The predicted molar refractivity (Wildman–Crippen MR) is 4.28 cm³/mol. The van der Waals surface area contributed by atoms with Crippen LogP contribution in [0.3, 0.4) is 0 Å². The maximum atomic E-state index is 0. The normalized spacial score (nSPS) is 0. The quantitative estimate of drug-likeness (QED) is 0.391. The van der Waals surface area contributed by atoms with Crippen molar-refractivity contribution in [2.24, 2.45) is 0 Å². The number of hydrogen-bond acceptors (Lipinski definition) is 0. The zero-order chi connectivity index (χ0) is 0. The zero-order valence-corrected chi connectivity index (χ0v) is 11.8. The molecule has 0 heterocycles. The molecule has 0 aliphatic rings. The number of rotatable bonds is 0. The SMILES string of the molecule is [H-].[H-].[Li+].[Li+].[O-2].[O-2].[O-2].[Pr+3].[Pr+3]. The van der Waals surface area contributed by atoms with Gasteiger partial charge in [0.15, 0.2) is 0 Å². The fraction of sp³-hybridized carbons (Fsp3) is 0. The van der Waals surface area contributed by atoms with Crippen LogP contribution in [0.2, 0.25) is 0 Å². The zero-order valence-electron chi connectivity index (χ0n) is 6.38. The third-order valence-electron chi connectivity index (χ3n) is 0. The maximum Gasteiger partial charge on any atom is 3.00 e. The van der Waals surface area contributed by atoms with Crippen LogP contribution < -0.4 is 37.7 Å². The molecule has 0 aliphatic carbocycles. The van der Waals surface area contributed by atoms with Crippen molar-refractivity contribution in [1.29, 1.82) is 0 Å². The van der Waals surface area contributed by atoms with Crippen LogP contribution in [0.4, 0.5) is 0 Å². The van der Waals surface area contributed by atoms with E-state index in [-0.39, 0.29) is 140 Å². The predicted octanol–water partition coefficient (Wildman–Crippen LogP) is -6.12. The van der Waals surface area contributed by atoms with E-state index in [1.54, 1.807) is 0 Å². The van der Waals surface area contributed by atoms with E-state index in [4.69, 9.17) is 0 Å². The van der Waals surface area contributed by atoms with Crippen molar-refractivity contribution in [2.45, 2.75) is 0 Å². The molecule has 7 heteroatoms. The Labute approximate surface area is 136 Å². The molecule has 0 amide bonds.